The first-order valence-electron chi connectivity index (χ1n) is 7.35. The number of aryl methyl sites for hydroxylation is 1. The molecule has 2 amide bonds. The van der Waals surface area contributed by atoms with E-state index in [0.717, 1.165) is 16.9 Å². The van der Waals surface area contributed by atoms with Gasteiger partial charge in [0.2, 0.25) is 5.91 Å². The van der Waals surface area contributed by atoms with Gasteiger partial charge >= 0.3 is 0 Å². The van der Waals surface area contributed by atoms with Crippen LogP contribution >= 0.6 is 0 Å². The van der Waals surface area contributed by atoms with E-state index in [-0.39, 0.29) is 11.8 Å². The number of methoxy groups -OCH3 is 1. The largest absolute Gasteiger partial charge is 0.497 e. The molecule has 124 valence electrons. The molecule has 0 bridgehead atoms. The average molecular weight is 325 g/mol. The third-order valence-corrected chi connectivity index (χ3v) is 3.29. The number of anilines is 1. The lowest BCUT2D eigenvalue weighted by Crippen LogP contribution is -2.18. The van der Waals surface area contributed by atoms with Crippen molar-refractivity contribution in [2.45, 2.75) is 13.8 Å². The fourth-order valence-electron chi connectivity index (χ4n) is 2.09. The molecule has 0 unspecified atom stereocenters. The molecule has 24 heavy (non-hydrogen) atoms. The molecule has 0 radical (unpaired) electrons. The first kappa shape index (κ1) is 17.2. The SMILES string of the molecule is COc1ccc(/C=N\NC(=O)c2cccc(NC(C)=O)c2)c(C)c1. The monoisotopic (exact) mass is 325 g/mol. The molecular formula is C18H19N3O3. The van der Waals surface area contributed by atoms with Crippen LogP contribution in [-0.4, -0.2) is 25.1 Å². The molecule has 0 aliphatic rings. The van der Waals surface area contributed by atoms with Crippen LogP contribution in [0.15, 0.2) is 47.6 Å². The van der Waals surface area contributed by atoms with Gasteiger partial charge in [-0.25, -0.2) is 5.43 Å². The number of benzene rings is 2. The van der Waals surface area contributed by atoms with Crippen LogP contribution in [0.5, 0.6) is 5.75 Å². The fourth-order valence-corrected chi connectivity index (χ4v) is 2.09. The molecule has 0 heterocycles. The number of hydrazone groups is 1. The molecule has 2 aromatic rings. The van der Waals surface area contributed by atoms with E-state index in [0.29, 0.717) is 11.3 Å². The maximum Gasteiger partial charge on any atom is 0.271 e. The maximum atomic E-state index is 12.1. The maximum absolute atomic E-state index is 12.1. The number of nitrogens with zero attached hydrogens (tertiary/aromatic N) is 1. The molecule has 0 aliphatic heterocycles. The van der Waals surface area contributed by atoms with Gasteiger partial charge in [-0.3, -0.25) is 9.59 Å². The summed E-state index contributed by atoms with van der Waals surface area (Å²) in [5.74, 6) is 0.216. The Morgan fingerprint density at radius 1 is 1.17 bits per heavy atom. The number of rotatable bonds is 5. The van der Waals surface area contributed by atoms with Crippen LogP contribution in [-0.2, 0) is 4.79 Å². The quantitative estimate of drug-likeness (QED) is 0.655. The summed E-state index contributed by atoms with van der Waals surface area (Å²) in [7, 11) is 1.61. The Bertz CT molecular complexity index is 785. The van der Waals surface area contributed by atoms with Gasteiger partial charge in [-0.05, 0) is 54.4 Å². The zero-order valence-corrected chi connectivity index (χ0v) is 13.8. The van der Waals surface area contributed by atoms with Crippen LogP contribution in [0.25, 0.3) is 0 Å². The van der Waals surface area contributed by atoms with E-state index < -0.39 is 0 Å². The summed E-state index contributed by atoms with van der Waals surface area (Å²) in [4.78, 5) is 23.2. The lowest BCUT2D eigenvalue weighted by Gasteiger charge is -2.05. The van der Waals surface area contributed by atoms with Crippen LogP contribution in [0.1, 0.15) is 28.4 Å². The Labute approximate surface area is 140 Å². The van der Waals surface area contributed by atoms with Gasteiger partial charge in [-0.15, -0.1) is 0 Å². The first-order valence-corrected chi connectivity index (χ1v) is 7.35. The normalized spacial score (nSPS) is 10.5. The van der Waals surface area contributed by atoms with Crippen molar-refractivity contribution in [1.29, 1.82) is 0 Å². The smallest absolute Gasteiger partial charge is 0.271 e. The molecular weight excluding hydrogens is 306 g/mol. The lowest BCUT2D eigenvalue weighted by atomic mass is 10.1. The Balaban J connectivity index is 2.03. The minimum atomic E-state index is -0.357. The highest BCUT2D eigenvalue weighted by Gasteiger charge is 2.06. The molecule has 6 heteroatoms. The van der Waals surface area contributed by atoms with E-state index in [1.54, 1.807) is 37.6 Å². The molecule has 6 nitrogen and oxygen atoms in total. The van der Waals surface area contributed by atoms with E-state index in [1.807, 2.05) is 25.1 Å². The minimum absolute atomic E-state index is 0.194. The van der Waals surface area contributed by atoms with E-state index in [9.17, 15) is 9.59 Å². The third-order valence-electron chi connectivity index (χ3n) is 3.29. The van der Waals surface area contributed by atoms with Gasteiger partial charge in [0.15, 0.2) is 0 Å². The van der Waals surface area contributed by atoms with Crippen LogP contribution in [0, 0.1) is 6.92 Å². The van der Waals surface area contributed by atoms with Crippen molar-refractivity contribution in [2.24, 2.45) is 5.10 Å². The highest BCUT2D eigenvalue weighted by atomic mass is 16.5. The van der Waals surface area contributed by atoms with Gasteiger partial charge < -0.3 is 10.1 Å². The van der Waals surface area contributed by atoms with Crippen LogP contribution < -0.4 is 15.5 Å². The Kier molecular flexibility index (Phi) is 5.68. The minimum Gasteiger partial charge on any atom is -0.497 e. The molecule has 0 aliphatic carbocycles. The van der Waals surface area contributed by atoms with Gasteiger partial charge in [0.05, 0.1) is 13.3 Å². The Morgan fingerprint density at radius 2 is 1.96 bits per heavy atom. The second-order valence-electron chi connectivity index (χ2n) is 5.18. The van der Waals surface area contributed by atoms with Crippen LogP contribution in [0.4, 0.5) is 5.69 Å². The van der Waals surface area contributed by atoms with E-state index in [1.165, 1.54) is 6.92 Å². The molecule has 2 aromatic carbocycles. The van der Waals surface area contributed by atoms with Crippen molar-refractivity contribution in [3.63, 3.8) is 0 Å². The fraction of sp³-hybridized carbons (Fsp3) is 0.167. The number of ether oxygens (including phenoxy) is 1. The predicted molar refractivity (Wildman–Crippen MR) is 93.5 cm³/mol. The summed E-state index contributed by atoms with van der Waals surface area (Å²) in [5.41, 5.74) is 5.30. The standard InChI is InChI=1S/C18H19N3O3/c1-12-9-17(24-3)8-7-15(12)11-19-21-18(23)14-5-4-6-16(10-14)20-13(2)22/h4-11H,1-3H3,(H,20,22)(H,21,23)/b19-11-. The molecule has 0 spiro atoms. The van der Waals surface area contributed by atoms with Crippen molar-refractivity contribution in [3.05, 3.63) is 59.2 Å². The van der Waals surface area contributed by atoms with Gasteiger partial charge in [-0.1, -0.05) is 6.07 Å². The first-order chi connectivity index (χ1) is 11.5. The van der Waals surface area contributed by atoms with E-state index in [2.05, 4.69) is 15.8 Å². The second-order valence-corrected chi connectivity index (χ2v) is 5.18. The van der Waals surface area contributed by atoms with Crippen LogP contribution in [0.2, 0.25) is 0 Å². The zero-order valence-electron chi connectivity index (χ0n) is 13.8. The van der Waals surface area contributed by atoms with Crippen molar-refractivity contribution < 1.29 is 14.3 Å². The van der Waals surface area contributed by atoms with E-state index >= 15 is 0 Å². The summed E-state index contributed by atoms with van der Waals surface area (Å²) in [6.07, 6.45) is 1.57. The Morgan fingerprint density at radius 3 is 2.62 bits per heavy atom. The molecule has 0 saturated heterocycles. The van der Waals surface area contributed by atoms with E-state index in [4.69, 9.17) is 4.74 Å². The number of carbonyl (C=O) groups is 2. The lowest BCUT2D eigenvalue weighted by molar-refractivity contribution is -0.114. The molecule has 0 saturated carbocycles. The molecule has 0 atom stereocenters. The topological polar surface area (TPSA) is 79.8 Å². The number of nitrogens with one attached hydrogen (secondary N) is 2. The third kappa shape index (κ3) is 4.67. The van der Waals surface area contributed by atoms with Crippen molar-refractivity contribution in [3.8, 4) is 5.75 Å². The number of hydrogen-bond acceptors (Lipinski definition) is 4. The van der Waals surface area contributed by atoms with Gasteiger partial charge in [-0.2, -0.15) is 5.10 Å². The number of hydrogen-bond donors (Lipinski definition) is 2. The summed E-state index contributed by atoms with van der Waals surface area (Å²) in [5, 5.41) is 6.60. The number of amides is 2. The highest BCUT2D eigenvalue weighted by Crippen LogP contribution is 2.15. The zero-order chi connectivity index (χ0) is 17.5. The predicted octanol–water partition coefficient (Wildman–Crippen LogP) is 2.73. The average Bonchev–Trinajstić information content (AvgIpc) is 2.55. The van der Waals surface area contributed by atoms with Crippen molar-refractivity contribution in [2.75, 3.05) is 12.4 Å². The van der Waals surface area contributed by atoms with Crippen molar-refractivity contribution >= 4 is 23.7 Å². The molecule has 0 fully saturated rings. The van der Waals surface area contributed by atoms with Gasteiger partial charge in [0.25, 0.3) is 5.91 Å². The summed E-state index contributed by atoms with van der Waals surface area (Å²) in [6.45, 7) is 3.34. The number of carbonyl (C=O) groups excluding carboxylic acids is 2. The van der Waals surface area contributed by atoms with Crippen molar-refractivity contribution in [1.82, 2.24) is 5.43 Å². The van der Waals surface area contributed by atoms with Gasteiger partial charge in [0, 0.05) is 18.2 Å². The summed E-state index contributed by atoms with van der Waals surface area (Å²) in [6, 6.07) is 12.2. The van der Waals surface area contributed by atoms with Gasteiger partial charge in [0.1, 0.15) is 5.75 Å². The molecule has 0 aromatic heterocycles. The highest BCUT2D eigenvalue weighted by molar-refractivity contribution is 5.97. The Hall–Kier alpha value is -3.15. The summed E-state index contributed by atoms with van der Waals surface area (Å²) >= 11 is 0. The molecule has 2 rings (SSSR count). The molecule has 2 N–H and O–H groups in total. The summed E-state index contributed by atoms with van der Waals surface area (Å²) < 4.78 is 5.14. The second kappa shape index (κ2) is 7.92. The van der Waals surface area contributed by atoms with Crippen LogP contribution in [0.3, 0.4) is 0 Å².